The van der Waals surface area contributed by atoms with E-state index >= 15 is 0 Å². The van der Waals surface area contributed by atoms with Crippen molar-refractivity contribution in [2.24, 2.45) is 0 Å². The van der Waals surface area contributed by atoms with Gasteiger partial charge in [-0.05, 0) is 19.1 Å². The molecule has 86 valence electrons. The number of benzene rings is 1. The van der Waals surface area contributed by atoms with E-state index in [1.54, 1.807) is 6.20 Å². The second kappa shape index (κ2) is 4.21. The van der Waals surface area contributed by atoms with Crippen LogP contribution in [0.25, 0.3) is 21.3 Å². The monoisotopic (exact) mass is 251 g/mol. The van der Waals surface area contributed by atoms with Crippen molar-refractivity contribution in [2.45, 2.75) is 6.92 Å². The highest BCUT2D eigenvalue weighted by atomic mass is 32.1. The smallest absolute Gasteiger partial charge is 0.195 e. The van der Waals surface area contributed by atoms with Crippen LogP contribution in [0.15, 0.2) is 36.5 Å². The molecule has 0 saturated carbocycles. The maximum atomic E-state index is 8.92. The molecule has 0 amide bonds. The maximum Gasteiger partial charge on any atom is 0.195 e. The van der Waals surface area contributed by atoms with Crippen LogP contribution in [-0.2, 0) is 0 Å². The van der Waals surface area contributed by atoms with E-state index in [0.29, 0.717) is 5.01 Å². The molecule has 18 heavy (non-hydrogen) atoms. The zero-order chi connectivity index (χ0) is 12.5. The number of hydrogen-bond acceptors (Lipinski definition) is 4. The molecule has 3 rings (SSSR count). The molecule has 0 aliphatic heterocycles. The predicted molar refractivity (Wildman–Crippen MR) is 72.3 cm³/mol. The molecule has 0 radical (unpaired) electrons. The molecule has 0 saturated heterocycles. The van der Waals surface area contributed by atoms with Gasteiger partial charge in [0.2, 0.25) is 0 Å². The SMILES string of the molecule is Cc1nc(C#N)sc1-c1ccnc2ccccc12. The van der Waals surface area contributed by atoms with Gasteiger partial charge >= 0.3 is 0 Å². The van der Waals surface area contributed by atoms with Crippen LogP contribution < -0.4 is 0 Å². The number of nitrogens with zero attached hydrogens (tertiary/aromatic N) is 3. The van der Waals surface area contributed by atoms with Crippen LogP contribution in [0.3, 0.4) is 0 Å². The highest BCUT2D eigenvalue weighted by Gasteiger charge is 2.12. The molecule has 4 heteroatoms. The molecule has 0 bridgehead atoms. The summed E-state index contributed by atoms with van der Waals surface area (Å²) in [4.78, 5) is 9.64. The number of para-hydroxylation sites is 1. The van der Waals surface area contributed by atoms with Crippen LogP contribution >= 0.6 is 11.3 Å². The van der Waals surface area contributed by atoms with E-state index in [-0.39, 0.29) is 0 Å². The molecule has 3 nitrogen and oxygen atoms in total. The molecule has 2 aromatic heterocycles. The highest BCUT2D eigenvalue weighted by Crippen LogP contribution is 2.33. The zero-order valence-corrected chi connectivity index (χ0v) is 10.5. The fourth-order valence-electron chi connectivity index (χ4n) is 1.99. The van der Waals surface area contributed by atoms with Gasteiger partial charge in [-0.25, -0.2) is 4.98 Å². The Kier molecular flexibility index (Phi) is 2.54. The fraction of sp³-hybridized carbons (Fsp3) is 0.0714. The van der Waals surface area contributed by atoms with Crippen molar-refractivity contribution in [3.05, 3.63) is 47.2 Å². The van der Waals surface area contributed by atoms with E-state index in [0.717, 1.165) is 27.0 Å². The van der Waals surface area contributed by atoms with Gasteiger partial charge < -0.3 is 0 Å². The van der Waals surface area contributed by atoms with Gasteiger partial charge in [-0.1, -0.05) is 18.2 Å². The van der Waals surface area contributed by atoms with Gasteiger partial charge in [-0.3, -0.25) is 4.98 Å². The normalized spacial score (nSPS) is 10.4. The van der Waals surface area contributed by atoms with Gasteiger partial charge in [0.25, 0.3) is 0 Å². The van der Waals surface area contributed by atoms with Crippen molar-refractivity contribution >= 4 is 22.2 Å². The Hall–Kier alpha value is -2.25. The number of thiazole rings is 1. The van der Waals surface area contributed by atoms with Crippen molar-refractivity contribution in [3.8, 4) is 16.5 Å². The molecule has 1 aromatic carbocycles. The quantitative estimate of drug-likeness (QED) is 0.664. The Morgan fingerprint density at radius 1 is 1.22 bits per heavy atom. The average Bonchev–Trinajstić information content (AvgIpc) is 2.79. The standard InChI is InChI=1S/C14H9N3S/c1-9-14(18-13(8-15)17-9)11-6-7-16-12-5-3-2-4-10(11)12/h2-7H,1H3. The number of rotatable bonds is 1. The minimum atomic E-state index is 0.503. The van der Waals surface area contributed by atoms with E-state index < -0.39 is 0 Å². The van der Waals surface area contributed by atoms with Gasteiger partial charge in [0, 0.05) is 17.1 Å². The Morgan fingerprint density at radius 3 is 2.83 bits per heavy atom. The van der Waals surface area contributed by atoms with Crippen molar-refractivity contribution in [2.75, 3.05) is 0 Å². The highest BCUT2D eigenvalue weighted by molar-refractivity contribution is 7.15. The third kappa shape index (κ3) is 1.66. The third-order valence-corrected chi connectivity index (χ3v) is 3.88. The molecular weight excluding hydrogens is 242 g/mol. The van der Waals surface area contributed by atoms with Crippen LogP contribution in [0.2, 0.25) is 0 Å². The van der Waals surface area contributed by atoms with Gasteiger partial charge in [-0.15, -0.1) is 11.3 Å². The van der Waals surface area contributed by atoms with Crippen molar-refractivity contribution < 1.29 is 0 Å². The largest absolute Gasteiger partial charge is 0.256 e. The van der Waals surface area contributed by atoms with Crippen LogP contribution in [0.4, 0.5) is 0 Å². The molecule has 0 spiro atoms. The zero-order valence-electron chi connectivity index (χ0n) is 9.71. The lowest BCUT2D eigenvalue weighted by Gasteiger charge is -2.03. The summed E-state index contributed by atoms with van der Waals surface area (Å²) in [6.45, 7) is 1.93. The minimum absolute atomic E-state index is 0.503. The van der Waals surface area contributed by atoms with Crippen LogP contribution in [0, 0.1) is 18.3 Å². The summed E-state index contributed by atoms with van der Waals surface area (Å²) in [5, 5.41) is 10.5. The van der Waals surface area contributed by atoms with Crippen molar-refractivity contribution in [1.82, 2.24) is 9.97 Å². The van der Waals surface area contributed by atoms with Crippen molar-refractivity contribution in [1.29, 1.82) is 5.26 Å². The molecule has 0 atom stereocenters. The topological polar surface area (TPSA) is 49.6 Å². The summed E-state index contributed by atoms with van der Waals surface area (Å²) < 4.78 is 0. The second-order valence-corrected chi connectivity index (χ2v) is 4.92. The van der Waals surface area contributed by atoms with Gasteiger partial charge in [-0.2, -0.15) is 5.26 Å². The summed E-state index contributed by atoms with van der Waals surface area (Å²) in [5.74, 6) is 0. The van der Waals surface area contributed by atoms with Gasteiger partial charge in [0.05, 0.1) is 16.1 Å². The molecule has 0 aliphatic carbocycles. The van der Waals surface area contributed by atoms with Crippen LogP contribution in [-0.4, -0.2) is 9.97 Å². The number of hydrogen-bond donors (Lipinski definition) is 0. The number of fused-ring (bicyclic) bond motifs is 1. The molecule has 2 heterocycles. The number of nitriles is 1. The first-order chi connectivity index (χ1) is 8.79. The summed E-state index contributed by atoms with van der Waals surface area (Å²) in [7, 11) is 0. The Balaban J connectivity index is 2.32. The third-order valence-electron chi connectivity index (χ3n) is 2.79. The van der Waals surface area contributed by atoms with E-state index in [9.17, 15) is 0 Å². The lowest BCUT2D eigenvalue weighted by atomic mass is 10.1. The first kappa shape index (κ1) is 10.9. The maximum absolute atomic E-state index is 8.92. The molecular formula is C14H9N3S. The lowest BCUT2D eigenvalue weighted by Crippen LogP contribution is -1.83. The number of aromatic nitrogens is 2. The van der Waals surface area contributed by atoms with E-state index in [4.69, 9.17) is 5.26 Å². The fourth-order valence-corrected chi connectivity index (χ4v) is 2.89. The minimum Gasteiger partial charge on any atom is -0.256 e. The first-order valence-electron chi connectivity index (χ1n) is 5.51. The average molecular weight is 251 g/mol. The molecule has 0 aliphatic rings. The van der Waals surface area contributed by atoms with E-state index in [2.05, 4.69) is 16.0 Å². The van der Waals surface area contributed by atoms with E-state index in [1.807, 2.05) is 37.3 Å². The molecule has 0 fully saturated rings. The summed E-state index contributed by atoms with van der Waals surface area (Å²) in [6, 6.07) is 12.1. The van der Waals surface area contributed by atoms with Gasteiger partial charge in [0.15, 0.2) is 5.01 Å². The second-order valence-electron chi connectivity index (χ2n) is 3.92. The Bertz CT molecular complexity index is 763. The lowest BCUT2D eigenvalue weighted by molar-refractivity contribution is 1.24. The summed E-state index contributed by atoms with van der Waals surface area (Å²) in [5.41, 5.74) is 2.95. The van der Waals surface area contributed by atoms with Crippen LogP contribution in [0.5, 0.6) is 0 Å². The van der Waals surface area contributed by atoms with Gasteiger partial charge in [0.1, 0.15) is 6.07 Å². The molecule has 0 N–H and O–H groups in total. The molecule has 3 aromatic rings. The number of pyridine rings is 1. The Labute approximate surface area is 108 Å². The van der Waals surface area contributed by atoms with Crippen molar-refractivity contribution in [3.63, 3.8) is 0 Å². The molecule has 0 unspecified atom stereocenters. The van der Waals surface area contributed by atoms with E-state index in [1.165, 1.54) is 11.3 Å². The summed E-state index contributed by atoms with van der Waals surface area (Å²) >= 11 is 1.43. The number of aryl methyl sites for hydroxylation is 1. The summed E-state index contributed by atoms with van der Waals surface area (Å²) in [6.07, 6.45) is 1.79. The Morgan fingerprint density at radius 2 is 2.06 bits per heavy atom. The first-order valence-corrected chi connectivity index (χ1v) is 6.33. The predicted octanol–water partition coefficient (Wildman–Crippen LogP) is 3.54. The van der Waals surface area contributed by atoms with Crippen LogP contribution in [0.1, 0.15) is 10.7 Å².